The predicted molar refractivity (Wildman–Crippen MR) is 137 cm³/mol. The van der Waals surface area contributed by atoms with E-state index in [-0.39, 0.29) is 17.7 Å². The first-order valence-electron chi connectivity index (χ1n) is 12.0. The number of rotatable bonds is 7. The Kier molecular flexibility index (Phi) is 7.31. The second-order valence-electron chi connectivity index (χ2n) is 9.09. The summed E-state index contributed by atoms with van der Waals surface area (Å²) < 4.78 is 5.93. The van der Waals surface area contributed by atoms with Crippen LogP contribution >= 0.6 is 0 Å². The number of nitrogens with zero attached hydrogens (tertiary/aromatic N) is 2. The van der Waals surface area contributed by atoms with E-state index in [0.29, 0.717) is 37.6 Å². The minimum absolute atomic E-state index is 0.0251. The molecular formula is C29H32N2O3. The molecule has 1 aliphatic heterocycles. The molecule has 5 nitrogen and oxygen atoms in total. The summed E-state index contributed by atoms with van der Waals surface area (Å²) in [7, 11) is 0. The maximum atomic E-state index is 13.3. The first-order valence-corrected chi connectivity index (χ1v) is 12.0. The molecule has 0 aromatic heterocycles. The normalized spacial score (nSPS) is 15.8. The Hall–Kier alpha value is -3.60. The molecule has 0 fully saturated rings. The molecule has 176 valence electrons. The Bertz CT molecular complexity index is 1130. The highest BCUT2D eigenvalue weighted by Crippen LogP contribution is 2.35. The van der Waals surface area contributed by atoms with Crippen LogP contribution in [0, 0.1) is 5.92 Å². The van der Waals surface area contributed by atoms with Crippen molar-refractivity contribution in [1.82, 2.24) is 0 Å². The highest BCUT2D eigenvalue weighted by atomic mass is 16.5. The second kappa shape index (κ2) is 10.6. The van der Waals surface area contributed by atoms with Gasteiger partial charge in [0.2, 0.25) is 5.91 Å². The molecule has 34 heavy (non-hydrogen) atoms. The largest absolute Gasteiger partial charge is 0.494 e. The molecule has 1 aliphatic rings. The molecule has 3 aromatic rings. The fourth-order valence-corrected chi connectivity index (χ4v) is 4.28. The number of ether oxygens (including phenoxy) is 1. The quantitative estimate of drug-likeness (QED) is 0.415. The fraction of sp³-hybridized carbons (Fsp3) is 0.310. The Labute approximate surface area is 202 Å². The lowest BCUT2D eigenvalue weighted by molar-refractivity contribution is -0.121. The molecule has 0 aliphatic carbocycles. The van der Waals surface area contributed by atoms with E-state index < -0.39 is 0 Å². The van der Waals surface area contributed by atoms with E-state index in [1.165, 1.54) is 5.56 Å². The summed E-state index contributed by atoms with van der Waals surface area (Å²) >= 11 is 0. The Morgan fingerprint density at radius 2 is 1.59 bits per heavy atom. The van der Waals surface area contributed by atoms with Crippen molar-refractivity contribution in [3.05, 3.63) is 90.0 Å². The predicted octanol–water partition coefficient (Wildman–Crippen LogP) is 5.91. The van der Waals surface area contributed by atoms with Gasteiger partial charge in [0.1, 0.15) is 5.75 Å². The Morgan fingerprint density at radius 1 is 0.941 bits per heavy atom. The highest BCUT2D eigenvalue weighted by molar-refractivity contribution is 6.11. The number of carbonyl (C=O) groups is 2. The van der Waals surface area contributed by atoms with Crippen LogP contribution in [-0.2, 0) is 4.79 Å². The van der Waals surface area contributed by atoms with Crippen LogP contribution in [0.4, 0.5) is 11.4 Å². The summed E-state index contributed by atoms with van der Waals surface area (Å²) in [6.07, 6.45) is 0.686. The van der Waals surface area contributed by atoms with Gasteiger partial charge < -0.3 is 14.5 Å². The van der Waals surface area contributed by atoms with E-state index in [1.807, 2.05) is 78.6 Å². The average molecular weight is 457 g/mol. The topological polar surface area (TPSA) is 49.9 Å². The van der Waals surface area contributed by atoms with E-state index >= 15 is 0 Å². The average Bonchev–Trinajstić information content (AvgIpc) is 2.97. The lowest BCUT2D eigenvalue weighted by atomic mass is 10.0. The number of hydrogen-bond acceptors (Lipinski definition) is 3. The van der Waals surface area contributed by atoms with Gasteiger partial charge in [0.15, 0.2) is 0 Å². The Balaban J connectivity index is 1.49. The molecular weight excluding hydrogens is 424 g/mol. The second-order valence-corrected chi connectivity index (χ2v) is 9.09. The van der Waals surface area contributed by atoms with Crippen LogP contribution in [0.1, 0.15) is 49.0 Å². The third-order valence-corrected chi connectivity index (χ3v) is 6.21. The SMILES string of the molecule is CC1CN(C(=O)c2ccccc2)c2ccccc2N(CCCOc2ccc(C(C)C)cc2)C1=O. The van der Waals surface area contributed by atoms with Crippen LogP contribution < -0.4 is 14.5 Å². The molecule has 1 unspecified atom stereocenters. The minimum Gasteiger partial charge on any atom is -0.494 e. The van der Waals surface area contributed by atoms with Crippen molar-refractivity contribution in [2.75, 3.05) is 29.5 Å². The van der Waals surface area contributed by atoms with Crippen LogP contribution in [-0.4, -0.2) is 31.5 Å². The van der Waals surface area contributed by atoms with Gasteiger partial charge in [0.05, 0.1) is 23.9 Å². The smallest absolute Gasteiger partial charge is 0.258 e. The molecule has 5 heteroatoms. The van der Waals surface area contributed by atoms with E-state index in [2.05, 4.69) is 26.0 Å². The van der Waals surface area contributed by atoms with Crippen LogP contribution in [0.5, 0.6) is 5.75 Å². The summed E-state index contributed by atoms with van der Waals surface area (Å²) in [5.74, 6) is 0.933. The van der Waals surface area contributed by atoms with Gasteiger partial charge in [-0.1, -0.05) is 63.2 Å². The van der Waals surface area contributed by atoms with E-state index in [4.69, 9.17) is 4.74 Å². The van der Waals surface area contributed by atoms with E-state index in [9.17, 15) is 9.59 Å². The maximum Gasteiger partial charge on any atom is 0.258 e. The van der Waals surface area contributed by atoms with Gasteiger partial charge >= 0.3 is 0 Å². The van der Waals surface area contributed by atoms with Crippen LogP contribution in [0.15, 0.2) is 78.9 Å². The number of anilines is 2. The third kappa shape index (κ3) is 5.14. The minimum atomic E-state index is -0.315. The van der Waals surface area contributed by atoms with Gasteiger partial charge in [0, 0.05) is 18.7 Å². The Morgan fingerprint density at radius 3 is 2.26 bits per heavy atom. The number of benzene rings is 3. The first kappa shape index (κ1) is 23.6. The van der Waals surface area contributed by atoms with Crippen molar-refractivity contribution in [1.29, 1.82) is 0 Å². The fourth-order valence-electron chi connectivity index (χ4n) is 4.28. The maximum absolute atomic E-state index is 13.3. The van der Waals surface area contributed by atoms with E-state index in [0.717, 1.165) is 17.1 Å². The van der Waals surface area contributed by atoms with Crippen molar-refractivity contribution in [3.63, 3.8) is 0 Å². The van der Waals surface area contributed by atoms with Crippen molar-refractivity contribution in [2.24, 2.45) is 5.92 Å². The van der Waals surface area contributed by atoms with Gasteiger partial charge in [-0.2, -0.15) is 0 Å². The zero-order valence-corrected chi connectivity index (χ0v) is 20.1. The highest BCUT2D eigenvalue weighted by Gasteiger charge is 2.33. The number of hydrogen-bond donors (Lipinski definition) is 0. The van der Waals surface area contributed by atoms with Crippen molar-refractivity contribution >= 4 is 23.2 Å². The summed E-state index contributed by atoms with van der Waals surface area (Å²) in [4.78, 5) is 30.2. The van der Waals surface area contributed by atoms with Gasteiger partial charge in [0.25, 0.3) is 5.91 Å². The third-order valence-electron chi connectivity index (χ3n) is 6.21. The van der Waals surface area contributed by atoms with Crippen molar-refractivity contribution < 1.29 is 14.3 Å². The summed E-state index contributed by atoms with van der Waals surface area (Å²) in [5.41, 5.74) is 3.42. The van der Waals surface area contributed by atoms with Crippen LogP contribution in [0.2, 0.25) is 0 Å². The molecule has 0 saturated carbocycles. The number of para-hydroxylation sites is 2. The zero-order valence-electron chi connectivity index (χ0n) is 20.1. The molecule has 1 heterocycles. The number of amides is 2. The van der Waals surface area contributed by atoms with Gasteiger partial charge in [-0.3, -0.25) is 9.59 Å². The number of carbonyl (C=O) groups excluding carboxylic acids is 2. The van der Waals surface area contributed by atoms with Gasteiger partial charge in [-0.25, -0.2) is 0 Å². The van der Waals surface area contributed by atoms with Crippen LogP contribution in [0.3, 0.4) is 0 Å². The molecule has 2 amide bonds. The molecule has 1 atom stereocenters. The van der Waals surface area contributed by atoms with Crippen LogP contribution in [0.25, 0.3) is 0 Å². The molecule has 0 bridgehead atoms. The molecule has 3 aromatic carbocycles. The monoisotopic (exact) mass is 456 g/mol. The summed E-state index contributed by atoms with van der Waals surface area (Å²) in [5, 5.41) is 0. The molecule has 0 saturated heterocycles. The van der Waals surface area contributed by atoms with Gasteiger partial charge in [-0.05, 0) is 54.3 Å². The zero-order chi connectivity index (χ0) is 24.1. The van der Waals surface area contributed by atoms with Crippen molar-refractivity contribution in [2.45, 2.75) is 33.1 Å². The summed E-state index contributed by atoms with van der Waals surface area (Å²) in [6, 6.07) is 25.1. The standard InChI is InChI=1S/C29H32N2O3/c1-21(2)23-14-16-25(17-15-23)34-19-9-18-30-26-12-7-8-13-27(26)31(20-22(3)28(30)32)29(33)24-10-5-4-6-11-24/h4-8,10-17,21-22H,9,18-20H2,1-3H3. The van der Waals surface area contributed by atoms with Gasteiger partial charge in [-0.15, -0.1) is 0 Å². The molecule has 0 radical (unpaired) electrons. The molecule has 0 N–H and O–H groups in total. The lowest BCUT2D eigenvalue weighted by Gasteiger charge is -2.25. The molecule has 0 spiro atoms. The number of fused-ring (bicyclic) bond motifs is 1. The lowest BCUT2D eigenvalue weighted by Crippen LogP contribution is -2.39. The first-order chi connectivity index (χ1) is 16.5. The van der Waals surface area contributed by atoms with E-state index in [1.54, 1.807) is 4.90 Å². The summed E-state index contributed by atoms with van der Waals surface area (Å²) in [6.45, 7) is 7.60. The molecule has 4 rings (SSSR count). The van der Waals surface area contributed by atoms with Crippen molar-refractivity contribution in [3.8, 4) is 5.75 Å².